The first-order chi connectivity index (χ1) is 11.8. The Morgan fingerprint density at radius 3 is 2.48 bits per heavy atom. The smallest absolute Gasteiger partial charge is 0.285 e. The molecule has 0 amide bonds. The first-order valence-electron chi connectivity index (χ1n) is 8.12. The molecule has 2 rings (SSSR count). The second kappa shape index (κ2) is 7.49. The molecule has 1 atom stereocenters. The van der Waals surface area contributed by atoms with Gasteiger partial charge in [0.15, 0.2) is 0 Å². The molecule has 6 nitrogen and oxygen atoms in total. The molecule has 0 aliphatic rings. The van der Waals surface area contributed by atoms with E-state index in [-0.39, 0.29) is 18.7 Å². The fraction of sp³-hybridized carbons (Fsp3) is 0.421. The molecule has 0 aliphatic heterocycles. The van der Waals surface area contributed by atoms with E-state index in [1.807, 2.05) is 39.0 Å². The second-order valence-electron chi connectivity index (χ2n) is 6.30. The quantitative estimate of drug-likeness (QED) is 0.900. The van der Waals surface area contributed by atoms with Gasteiger partial charge in [-0.05, 0) is 56.9 Å². The average molecular weight is 341 g/mol. The summed E-state index contributed by atoms with van der Waals surface area (Å²) >= 11 is 0. The van der Waals surface area contributed by atoms with E-state index in [9.17, 15) is 9.90 Å². The van der Waals surface area contributed by atoms with Crippen molar-refractivity contribution >= 4 is 0 Å². The number of ether oxygens (including phenoxy) is 1. The minimum absolute atomic E-state index is 0.0292. The molecular weight excluding hydrogens is 318 g/mol. The fourth-order valence-electron chi connectivity index (χ4n) is 2.61. The monoisotopic (exact) mass is 341 g/mol. The lowest BCUT2D eigenvalue weighted by atomic mass is 10.1. The van der Waals surface area contributed by atoms with Crippen molar-refractivity contribution in [3.8, 4) is 11.8 Å². The summed E-state index contributed by atoms with van der Waals surface area (Å²) in [5.74, 6) is 0.747. The largest absolute Gasteiger partial charge is 0.490 e. The Morgan fingerprint density at radius 2 is 1.84 bits per heavy atom. The van der Waals surface area contributed by atoms with Crippen molar-refractivity contribution in [2.45, 2.75) is 47.3 Å². The zero-order valence-electron chi connectivity index (χ0n) is 15.3. The number of aryl methyl sites for hydroxylation is 3. The van der Waals surface area contributed by atoms with Crippen molar-refractivity contribution in [3.05, 3.63) is 56.0 Å². The molecule has 0 radical (unpaired) electrons. The third kappa shape index (κ3) is 3.89. The highest BCUT2D eigenvalue weighted by Crippen LogP contribution is 2.25. The van der Waals surface area contributed by atoms with Crippen molar-refractivity contribution in [3.63, 3.8) is 0 Å². The van der Waals surface area contributed by atoms with Crippen LogP contribution in [0.2, 0.25) is 0 Å². The third-order valence-electron chi connectivity index (χ3n) is 4.43. The standard InChI is InChI=1S/C19H23N3O3/c1-11-6-7-12(2)18(13(11)3)25-10-16(23)9-22-19(24)17(8-20)14(4)15(5)21-22/h6-7,16,23H,9-10H2,1-5H3. The van der Waals surface area contributed by atoms with Crippen LogP contribution in [-0.2, 0) is 6.54 Å². The third-order valence-corrected chi connectivity index (χ3v) is 4.43. The topological polar surface area (TPSA) is 88.1 Å². The van der Waals surface area contributed by atoms with Gasteiger partial charge in [0.2, 0.25) is 0 Å². The van der Waals surface area contributed by atoms with E-state index in [1.54, 1.807) is 13.8 Å². The Hall–Kier alpha value is -2.65. The summed E-state index contributed by atoms with van der Waals surface area (Å²) in [6.45, 7) is 9.35. The second-order valence-corrected chi connectivity index (χ2v) is 6.30. The van der Waals surface area contributed by atoms with Gasteiger partial charge in [-0.2, -0.15) is 10.4 Å². The Kier molecular flexibility index (Phi) is 5.60. The molecule has 6 heteroatoms. The van der Waals surface area contributed by atoms with Gasteiger partial charge in [0.05, 0.1) is 12.2 Å². The molecule has 0 bridgehead atoms. The molecule has 1 heterocycles. The maximum absolute atomic E-state index is 12.3. The van der Waals surface area contributed by atoms with Gasteiger partial charge in [-0.15, -0.1) is 0 Å². The molecule has 132 valence electrons. The maximum atomic E-state index is 12.3. The first kappa shape index (κ1) is 18.7. The van der Waals surface area contributed by atoms with Gasteiger partial charge in [-0.1, -0.05) is 12.1 Å². The minimum Gasteiger partial charge on any atom is -0.490 e. The van der Waals surface area contributed by atoms with Crippen LogP contribution < -0.4 is 10.3 Å². The van der Waals surface area contributed by atoms with Crippen LogP contribution in [0.5, 0.6) is 5.75 Å². The number of hydrogen-bond acceptors (Lipinski definition) is 5. The van der Waals surface area contributed by atoms with Crippen molar-refractivity contribution in [2.75, 3.05) is 6.61 Å². The van der Waals surface area contributed by atoms with Gasteiger partial charge in [0, 0.05) is 0 Å². The van der Waals surface area contributed by atoms with Crippen molar-refractivity contribution < 1.29 is 9.84 Å². The molecule has 0 saturated heterocycles. The molecule has 25 heavy (non-hydrogen) atoms. The molecule has 1 aromatic carbocycles. The van der Waals surface area contributed by atoms with Crippen LogP contribution in [0.3, 0.4) is 0 Å². The summed E-state index contributed by atoms with van der Waals surface area (Å²) in [7, 11) is 0. The summed E-state index contributed by atoms with van der Waals surface area (Å²) in [5.41, 5.74) is 3.86. The molecule has 1 aromatic heterocycles. The predicted molar refractivity (Wildman–Crippen MR) is 94.8 cm³/mol. The number of nitriles is 1. The van der Waals surface area contributed by atoms with Crippen LogP contribution in [0.1, 0.15) is 33.5 Å². The molecule has 0 aliphatic carbocycles. The number of aliphatic hydroxyl groups excluding tert-OH is 1. The minimum atomic E-state index is -0.918. The van der Waals surface area contributed by atoms with E-state index in [4.69, 9.17) is 10.00 Å². The first-order valence-corrected chi connectivity index (χ1v) is 8.12. The molecule has 2 aromatic rings. The van der Waals surface area contributed by atoms with Gasteiger partial charge < -0.3 is 9.84 Å². The highest BCUT2D eigenvalue weighted by molar-refractivity contribution is 5.44. The SMILES string of the molecule is Cc1ccc(C)c(OCC(O)Cn2nc(C)c(C)c(C#N)c2=O)c1C. The van der Waals surface area contributed by atoms with E-state index >= 15 is 0 Å². The van der Waals surface area contributed by atoms with Gasteiger partial charge in [0.25, 0.3) is 5.56 Å². The van der Waals surface area contributed by atoms with Gasteiger partial charge in [-0.25, -0.2) is 4.68 Å². The number of nitrogens with zero attached hydrogens (tertiary/aromatic N) is 3. The van der Waals surface area contributed by atoms with Crippen molar-refractivity contribution in [1.82, 2.24) is 9.78 Å². The highest BCUT2D eigenvalue weighted by atomic mass is 16.5. The molecule has 0 fully saturated rings. The highest BCUT2D eigenvalue weighted by Gasteiger charge is 2.16. The van der Waals surface area contributed by atoms with E-state index in [0.29, 0.717) is 11.3 Å². The zero-order valence-corrected chi connectivity index (χ0v) is 15.3. The van der Waals surface area contributed by atoms with Crippen LogP contribution in [0.15, 0.2) is 16.9 Å². The summed E-state index contributed by atoms with van der Waals surface area (Å²) in [5, 5.41) is 23.6. The number of hydrogen-bond donors (Lipinski definition) is 1. The van der Waals surface area contributed by atoms with Crippen LogP contribution in [0.25, 0.3) is 0 Å². The zero-order chi connectivity index (χ0) is 18.7. The normalized spacial score (nSPS) is 11.9. The van der Waals surface area contributed by atoms with E-state index in [0.717, 1.165) is 27.1 Å². The Labute approximate surface area is 147 Å². The van der Waals surface area contributed by atoms with Gasteiger partial charge >= 0.3 is 0 Å². The molecule has 0 spiro atoms. The number of aliphatic hydroxyl groups is 1. The average Bonchev–Trinajstić information content (AvgIpc) is 2.56. The Morgan fingerprint density at radius 1 is 1.20 bits per heavy atom. The molecule has 1 N–H and O–H groups in total. The van der Waals surface area contributed by atoms with Crippen LogP contribution >= 0.6 is 0 Å². The van der Waals surface area contributed by atoms with Crippen LogP contribution in [0, 0.1) is 45.9 Å². The maximum Gasteiger partial charge on any atom is 0.285 e. The number of aromatic nitrogens is 2. The fourth-order valence-corrected chi connectivity index (χ4v) is 2.61. The van der Waals surface area contributed by atoms with E-state index < -0.39 is 11.7 Å². The number of benzene rings is 1. The molecular formula is C19H23N3O3. The van der Waals surface area contributed by atoms with Crippen LogP contribution in [-0.4, -0.2) is 27.6 Å². The van der Waals surface area contributed by atoms with Gasteiger partial charge in [0.1, 0.15) is 30.1 Å². The predicted octanol–water partition coefficient (Wildman–Crippen LogP) is 2.10. The Bertz CT molecular complexity index is 894. The summed E-state index contributed by atoms with van der Waals surface area (Å²) in [4.78, 5) is 12.3. The van der Waals surface area contributed by atoms with Gasteiger partial charge in [-0.3, -0.25) is 4.79 Å². The van der Waals surface area contributed by atoms with Crippen LogP contribution in [0.4, 0.5) is 0 Å². The lowest BCUT2D eigenvalue weighted by molar-refractivity contribution is 0.0871. The van der Waals surface area contributed by atoms with Crippen molar-refractivity contribution in [2.24, 2.45) is 0 Å². The molecule has 1 unspecified atom stereocenters. The summed E-state index contributed by atoms with van der Waals surface area (Å²) in [6, 6.07) is 5.91. The molecule has 0 saturated carbocycles. The lowest BCUT2D eigenvalue weighted by Crippen LogP contribution is -2.34. The lowest BCUT2D eigenvalue weighted by Gasteiger charge is -2.17. The number of rotatable bonds is 5. The summed E-state index contributed by atoms with van der Waals surface area (Å²) < 4.78 is 6.90. The van der Waals surface area contributed by atoms with E-state index in [2.05, 4.69) is 5.10 Å². The summed E-state index contributed by atoms with van der Waals surface area (Å²) in [6.07, 6.45) is -0.918. The Balaban J connectivity index is 2.16. The van der Waals surface area contributed by atoms with E-state index in [1.165, 1.54) is 0 Å². The van der Waals surface area contributed by atoms with Crippen molar-refractivity contribution in [1.29, 1.82) is 5.26 Å².